The molecule has 0 heterocycles. The van der Waals surface area contributed by atoms with Gasteiger partial charge in [-0.1, -0.05) is 0 Å². The number of sulfone groups is 1. The summed E-state index contributed by atoms with van der Waals surface area (Å²) in [5.74, 6) is -1.00. The number of nitriles is 1. The maximum absolute atomic E-state index is 13.4. The SMILES string of the molecule is Cc1cc(N)ccc1S(=O)(=O)Cc1cc(F)cc(C#N)c1. The van der Waals surface area contributed by atoms with Gasteiger partial charge in [-0.15, -0.1) is 0 Å². The van der Waals surface area contributed by atoms with Crippen LogP contribution in [0.3, 0.4) is 0 Å². The van der Waals surface area contributed by atoms with Gasteiger partial charge in [-0.2, -0.15) is 5.26 Å². The molecule has 0 spiro atoms. The minimum absolute atomic E-state index is 0.0919. The molecule has 0 atom stereocenters. The Balaban J connectivity index is 2.42. The first-order chi connectivity index (χ1) is 9.81. The zero-order valence-electron chi connectivity index (χ0n) is 11.3. The lowest BCUT2D eigenvalue weighted by atomic mass is 10.1. The summed E-state index contributed by atoms with van der Waals surface area (Å²) in [7, 11) is -3.63. The zero-order valence-corrected chi connectivity index (χ0v) is 12.1. The van der Waals surface area contributed by atoms with Gasteiger partial charge in [0.2, 0.25) is 0 Å². The molecule has 0 unspecified atom stereocenters. The van der Waals surface area contributed by atoms with Crippen LogP contribution in [0.1, 0.15) is 16.7 Å². The lowest BCUT2D eigenvalue weighted by Gasteiger charge is -2.09. The Morgan fingerprint density at radius 2 is 1.95 bits per heavy atom. The fourth-order valence-electron chi connectivity index (χ4n) is 2.12. The topological polar surface area (TPSA) is 84.0 Å². The number of nitrogens with two attached hydrogens (primary N) is 1. The van der Waals surface area contributed by atoms with E-state index in [4.69, 9.17) is 11.0 Å². The summed E-state index contributed by atoms with van der Waals surface area (Å²) in [4.78, 5) is 0.152. The maximum atomic E-state index is 13.4. The summed E-state index contributed by atoms with van der Waals surface area (Å²) < 4.78 is 38.2. The van der Waals surface area contributed by atoms with Crippen molar-refractivity contribution < 1.29 is 12.8 Å². The maximum Gasteiger partial charge on any atom is 0.182 e. The van der Waals surface area contributed by atoms with Gasteiger partial charge in [0, 0.05) is 5.69 Å². The highest BCUT2D eigenvalue weighted by molar-refractivity contribution is 7.90. The first kappa shape index (κ1) is 15.0. The number of hydrogen-bond donors (Lipinski definition) is 1. The quantitative estimate of drug-likeness (QED) is 0.883. The van der Waals surface area contributed by atoms with Crippen LogP contribution in [-0.4, -0.2) is 8.42 Å². The molecule has 0 aliphatic heterocycles. The minimum Gasteiger partial charge on any atom is -0.399 e. The van der Waals surface area contributed by atoms with E-state index in [-0.39, 0.29) is 21.8 Å². The molecule has 0 bridgehead atoms. The van der Waals surface area contributed by atoms with Crippen LogP contribution in [0.4, 0.5) is 10.1 Å². The van der Waals surface area contributed by atoms with Crippen molar-refractivity contribution in [2.24, 2.45) is 0 Å². The van der Waals surface area contributed by atoms with Crippen LogP contribution in [0.15, 0.2) is 41.3 Å². The van der Waals surface area contributed by atoms with Gasteiger partial charge in [-0.25, -0.2) is 12.8 Å². The van der Waals surface area contributed by atoms with Gasteiger partial charge in [0.15, 0.2) is 9.84 Å². The minimum atomic E-state index is -3.63. The lowest BCUT2D eigenvalue weighted by molar-refractivity contribution is 0.594. The van der Waals surface area contributed by atoms with E-state index in [0.29, 0.717) is 11.3 Å². The normalized spacial score (nSPS) is 11.1. The van der Waals surface area contributed by atoms with E-state index in [1.165, 1.54) is 18.2 Å². The number of nitrogens with zero attached hydrogens (tertiary/aromatic N) is 1. The van der Waals surface area contributed by atoms with Gasteiger partial charge in [-0.05, 0) is 54.4 Å². The van der Waals surface area contributed by atoms with Crippen molar-refractivity contribution in [1.82, 2.24) is 0 Å². The lowest BCUT2D eigenvalue weighted by Crippen LogP contribution is -2.07. The standard InChI is InChI=1S/C15H13FN2O2S/c1-10-4-14(18)2-3-15(10)21(19,20)9-12-5-11(8-17)6-13(16)7-12/h2-7H,9,18H2,1H3. The van der Waals surface area contributed by atoms with E-state index >= 15 is 0 Å². The zero-order chi connectivity index (χ0) is 15.6. The molecule has 108 valence electrons. The third-order valence-electron chi connectivity index (χ3n) is 2.98. The van der Waals surface area contributed by atoms with Crippen molar-refractivity contribution in [3.8, 4) is 6.07 Å². The molecule has 2 rings (SSSR count). The molecule has 0 aliphatic carbocycles. The monoisotopic (exact) mass is 304 g/mol. The van der Waals surface area contributed by atoms with Crippen molar-refractivity contribution in [3.63, 3.8) is 0 Å². The number of anilines is 1. The largest absolute Gasteiger partial charge is 0.399 e. The molecule has 0 saturated heterocycles. The summed E-state index contributed by atoms with van der Waals surface area (Å²) in [6.45, 7) is 1.65. The summed E-state index contributed by atoms with van der Waals surface area (Å²) in [5, 5.41) is 8.80. The third kappa shape index (κ3) is 3.38. The summed E-state index contributed by atoms with van der Waals surface area (Å²) >= 11 is 0. The Labute approximate surface area is 122 Å². The first-order valence-electron chi connectivity index (χ1n) is 6.10. The Bertz CT molecular complexity index is 839. The number of nitrogen functional groups attached to an aromatic ring is 1. The molecule has 2 aromatic carbocycles. The van der Waals surface area contributed by atoms with Crippen molar-refractivity contribution in [3.05, 3.63) is 58.9 Å². The van der Waals surface area contributed by atoms with E-state index in [1.807, 2.05) is 0 Å². The number of rotatable bonds is 3. The number of aryl methyl sites for hydroxylation is 1. The van der Waals surface area contributed by atoms with Crippen molar-refractivity contribution in [2.75, 3.05) is 5.73 Å². The summed E-state index contributed by atoms with van der Waals surface area (Å²) in [6, 6.07) is 9.86. The fraction of sp³-hybridized carbons (Fsp3) is 0.133. The van der Waals surface area contributed by atoms with Gasteiger partial charge < -0.3 is 5.73 Å². The van der Waals surface area contributed by atoms with Crippen LogP contribution in [0, 0.1) is 24.1 Å². The number of benzene rings is 2. The van der Waals surface area contributed by atoms with E-state index in [0.717, 1.165) is 12.1 Å². The van der Waals surface area contributed by atoms with E-state index in [9.17, 15) is 12.8 Å². The fourth-order valence-corrected chi connectivity index (χ4v) is 3.70. The Morgan fingerprint density at radius 1 is 1.24 bits per heavy atom. The molecule has 0 radical (unpaired) electrons. The Morgan fingerprint density at radius 3 is 2.57 bits per heavy atom. The molecule has 2 aromatic rings. The van der Waals surface area contributed by atoms with Crippen LogP contribution < -0.4 is 5.73 Å². The highest BCUT2D eigenvalue weighted by Crippen LogP contribution is 2.23. The Hall–Kier alpha value is -2.39. The smallest absolute Gasteiger partial charge is 0.182 e. The van der Waals surface area contributed by atoms with Crippen LogP contribution in [0.5, 0.6) is 0 Å². The van der Waals surface area contributed by atoms with Gasteiger partial charge in [0.05, 0.1) is 22.3 Å². The highest BCUT2D eigenvalue weighted by Gasteiger charge is 2.18. The average Bonchev–Trinajstić information content (AvgIpc) is 2.36. The molecule has 0 saturated carbocycles. The first-order valence-corrected chi connectivity index (χ1v) is 7.75. The second-order valence-corrected chi connectivity index (χ2v) is 6.70. The third-order valence-corrected chi connectivity index (χ3v) is 4.82. The molecular formula is C15H13FN2O2S. The number of halogens is 1. The molecule has 2 N–H and O–H groups in total. The van der Waals surface area contributed by atoms with Crippen molar-refractivity contribution in [1.29, 1.82) is 5.26 Å². The molecule has 0 fully saturated rings. The second kappa shape index (κ2) is 5.54. The second-order valence-electron chi connectivity index (χ2n) is 4.74. The summed E-state index contributed by atoms with van der Waals surface area (Å²) in [5.41, 5.74) is 6.94. The molecule has 6 heteroatoms. The molecule has 0 aromatic heterocycles. The van der Waals surface area contributed by atoms with Crippen LogP contribution in [-0.2, 0) is 15.6 Å². The van der Waals surface area contributed by atoms with Gasteiger partial charge in [-0.3, -0.25) is 0 Å². The van der Waals surface area contributed by atoms with E-state index in [1.54, 1.807) is 19.1 Å². The highest BCUT2D eigenvalue weighted by atomic mass is 32.2. The molecule has 0 amide bonds. The number of hydrogen-bond acceptors (Lipinski definition) is 4. The van der Waals surface area contributed by atoms with Crippen LogP contribution in [0.25, 0.3) is 0 Å². The predicted molar refractivity (Wildman–Crippen MR) is 77.6 cm³/mol. The van der Waals surface area contributed by atoms with Crippen LogP contribution in [0.2, 0.25) is 0 Å². The van der Waals surface area contributed by atoms with Crippen molar-refractivity contribution >= 4 is 15.5 Å². The average molecular weight is 304 g/mol. The van der Waals surface area contributed by atoms with Crippen LogP contribution >= 0.6 is 0 Å². The predicted octanol–water partition coefficient (Wildman–Crippen LogP) is 2.56. The molecule has 4 nitrogen and oxygen atoms in total. The van der Waals surface area contributed by atoms with Gasteiger partial charge in [0.25, 0.3) is 0 Å². The summed E-state index contributed by atoms with van der Waals surface area (Å²) in [6.07, 6.45) is 0. The molecular weight excluding hydrogens is 291 g/mol. The Kier molecular flexibility index (Phi) is 3.96. The van der Waals surface area contributed by atoms with Gasteiger partial charge in [0.1, 0.15) is 5.82 Å². The van der Waals surface area contributed by atoms with Crippen molar-refractivity contribution in [2.45, 2.75) is 17.6 Å². The molecule has 21 heavy (non-hydrogen) atoms. The van der Waals surface area contributed by atoms with Gasteiger partial charge >= 0.3 is 0 Å². The van der Waals surface area contributed by atoms with E-state index < -0.39 is 15.7 Å². The molecule has 0 aliphatic rings. The van der Waals surface area contributed by atoms with E-state index in [2.05, 4.69) is 0 Å².